The summed E-state index contributed by atoms with van der Waals surface area (Å²) in [7, 11) is 0. The van der Waals surface area contributed by atoms with Crippen molar-refractivity contribution in [2.24, 2.45) is 5.92 Å². The number of fused-ring (bicyclic) bond motifs is 1. The van der Waals surface area contributed by atoms with Gasteiger partial charge in [0.05, 0.1) is 23.3 Å². The van der Waals surface area contributed by atoms with Gasteiger partial charge in [0.25, 0.3) is 0 Å². The molecule has 0 radical (unpaired) electrons. The Kier molecular flexibility index (Phi) is 6.81. The van der Waals surface area contributed by atoms with E-state index >= 15 is 0 Å². The molecule has 194 valence electrons. The van der Waals surface area contributed by atoms with Crippen LogP contribution in [0.25, 0.3) is 22.2 Å². The molecule has 2 aromatic heterocycles. The van der Waals surface area contributed by atoms with Crippen LogP contribution in [0.3, 0.4) is 0 Å². The Hall–Kier alpha value is -3.77. The maximum absolute atomic E-state index is 12.3. The normalized spacial score (nSPS) is 16.1. The van der Waals surface area contributed by atoms with Crippen LogP contribution >= 0.6 is 11.8 Å². The van der Waals surface area contributed by atoms with E-state index in [2.05, 4.69) is 44.2 Å². The number of amides is 1. The lowest BCUT2D eigenvalue weighted by atomic mass is 9.92. The minimum Gasteiger partial charge on any atom is -0.446 e. The van der Waals surface area contributed by atoms with Crippen molar-refractivity contribution < 1.29 is 9.53 Å². The lowest BCUT2D eigenvalue weighted by molar-refractivity contribution is 0.108. The predicted molar refractivity (Wildman–Crippen MR) is 148 cm³/mol. The number of rotatable bonds is 9. The lowest BCUT2D eigenvalue weighted by Gasteiger charge is -2.30. The number of hydrogen-bond acceptors (Lipinski definition) is 6. The fourth-order valence-electron chi connectivity index (χ4n) is 5.10. The number of aryl methyl sites for hydroxylation is 1. The maximum atomic E-state index is 12.3. The second-order valence-corrected chi connectivity index (χ2v) is 11.3. The number of hydrogen-bond donors (Lipinski definition) is 1. The third kappa shape index (κ3) is 5.01. The highest BCUT2D eigenvalue weighted by Crippen LogP contribution is 2.43. The summed E-state index contributed by atoms with van der Waals surface area (Å²) in [6.45, 7) is 2.73. The number of anilines is 1. The van der Waals surface area contributed by atoms with Crippen LogP contribution in [0.2, 0.25) is 0 Å². The molecule has 38 heavy (non-hydrogen) atoms. The molecule has 1 atom stereocenters. The van der Waals surface area contributed by atoms with Crippen molar-refractivity contribution in [3.63, 3.8) is 0 Å². The summed E-state index contributed by atoms with van der Waals surface area (Å²) in [5.41, 5.74) is 4.40. The van der Waals surface area contributed by atoms with E-state index in [1.165, 1.54) is 11.3 Å². The van der Waals surface area contributed by atoms with E-state index in [4.69, 9.17) is 4.74 Å². The first-order chi connectivity index (χ1) is 18.6. The van der Waals surface area contributed by atoms with Crippen molar-refractivity contribution in [3.8, 4) is 17.3 Å². The Morgan fingerprint density at radius 1 is 1.21 bits per heavy atom. The smallest absolute Gasteiger partial charge is 0.411 e. The van der Waals surface area contributed by atoms with Gasteiger partial charge in [-0.05, 0) is 74.8 Å². The lowest BCUT2D eigenvalue weighted by Crippen LogP contribution is -2.21. The number of nitriles is 1. The van der Waals surface area contributed by atoms with Crippen LogP contribution < -0.4 is 5.32 Å². The van der Waals surface area contributed by atoms with Crippen molar-refractivity contribution in [1.29, 1.82) is 5.26 Å². The predicted octanol–water partition coefficient (Wildman–Crippen LogP) is 6.64. The summed E-state index contributed by atoms with van der Waals surface area (Å²) in [5.74, 6) is 1.38. The topological polar surface area (TPSA) is 97.8 Å². The van der Waals surface area contributed by atoms with Crippen molar-refractivity contribution in [3.05, 3.63) is 60.7 Å². The molecule has 8 nitrogen and oxygen atoms in total. The zero-order valence-corrected chi connectivity index (χ0v) is 22.2. The third-order valence-electron chi connectivity index (χ3n) is 7.57. The summed E-state index contributed by atoms with van der Waals surface area (Å²) in [6.07, 6.45) is 8.47. The average molecular weight is 527 g/mol. The van der Waals surface area contributed by atoms with E-state index in [9.17, 15) is 10.1 Å². The number of carbonyl (C=O) groups is 1. The summed E-state index contributed by atoms with van der Waals surface area (Å²) >= 11 is 1.78. The fourth-order valence-corrected chi connectivity index (χ4v) is 5.97. The highest BCUT2D eigenvalue weighted by Gasteiger charge is 2.31. The Morgan fingerprint density at radius 3 is 2.68 bits per heavy atom. The number of ether oxygens (including phenoxy) is 1. The van der Waals surface area contributed by atoms with Crippen LogP contribution in [0, 0.1) is 17.2 Å². The summed E-state index contributed by atoms with van der Waals surface area (Å²) < 4.78 is 9.70. The molecule has 1 unspecified atom stereocenters. The highest BCUT2D eigenvalue weighted by molar-refractivity contribution is 7.99. The minimum atomic E-state index is -0.424. The van der Waals surface area contributed by atoms with Crippen LogP contribution in [0.5, 0.6) is 0 Å². The molecule has 2 aliphatic rings. The number of aromatic nitrogens is 4. The molecule has 2 fully saturated rings. The largest absolute Gasteiger partial charge is 0.446 e. The first kappa shape index (κ1) is 24.6. The molecule has 0 bridgehead atoms. The first-order valence-electron chi connectivity index (χ1n) is 13.2. The fraction of sp³-hybridized carbons (Fsp3) is 0.379. The van der Waals surface area contributed by atoms with Crippen molar-refractivity contribution in [2.45, 2.75) is 62.6 Å². The van der Waals surface area contributed by atoms with Crippen LogP contribution in [-0.4, -0.2) is 37.3 Å². The third-order valence-corrected chi connectivity index (χ3v) is 8.54. The molecule has 2 aromatic carbocycles. The van der Waals surface area contributed by atoms with Gasteiger partial charge in [0.2, 0.25) is 0 Å². The van der Waals surface area contributed by atoms with Gasteiger partial charge in [-0.3, -0.25) is 10.00 Å². The van der Waals surface area contributed by atoms with Gasteiger partial charge in [-0.1, -0.05) is 18.2 Å². The van der Waals surface area contributed by atoms with Crippen LogP contribution in [0.1, 0.15) is 50.6 Å². The molecule has 0 spiro atoms. The molecular weight excluding hydrogens is 496 g/mol. The molecule has 2 saturated carbocycles. The van der Waals surface area contributed by atoms with Crippen molar-refractivity contribution in [1.82, 2.24) is 19.3 Å². The molecule has 9 heteroatoms. The Bertz CT molecular complexity index is 1480. The van der Waals surface area contributed by atoms with E-state index in [1.807, 2.05) is 35.9 Å². The second-order valence-electron chi connectivity index (χ2n) is 10.1. The van der Waals surface area contributed by atoms with E-state index in [0.717, 1.165) is 60.1 Å². The van der Waals surface area contributed by atoms with Gasteiger partial charge in [-0.25, -0.2) is 9.78 Å². The molecule has 1 N–H and O–H groups in total. The van der Waals surface area contributed by atoms with Gasteiger partial charge >= 0.3 is 6.09 Å². The summed E-state index contributed by atoms with van der Waals surface area (Å²) in [4.78, 5) is 17.5. The molecule has 0 saturated heterocycles. The number of nitrogens with one attached hydrogen (secondary N) is 1. The molecule has 2 heterocycles. The van der Waals surface area contributed by atoms with E-state index < -0.39 is 6.09 Å². The molecular formula is C29H30N6O2S. The zero-order valence-electron chi connectivity index (χ0n) is 21.3. The van der Waals surface area contributed by atoms with Gasteiger partial charge in [0.1, 0.15) is 24.8 Å². The van der Waals surface area contributed by atoms with E-state index in [-0.39, 0.29) is 6.10 Å². The van der Waals surface area contributed by atoms with Gasteiger partial charge < -0.3 is 9.30 Å². The molecule has 0 aliphatic heterocycles. The number of nitrogens with zero attached hydrogens (tertiary/aromatic N) is 5. The summed E-state index contributed by atoms with van der Waals surface area (Å²) in [5, 5.41) is 18.2. The van der Waals surface area contributed by atoms with Crippen LogP contribution in [-0.2, 0) is 11.3 Å². The van der Waals surface area contributed by atoms with Crippen molar-refractivity contribution >= 4 is 34.4 Å². The Balaban J connectivity index is 1.27. The van der Waals surface area contributed by atoms with Crippen molar-refractivity contribution in [2.75, 3.05) is 11.1 Å². The quantitative estimate of drug-likeness (QED) is 0.246. The van der Waals surface area contributed by atoms with Crippen LogP contribution in [0.4, 0.5) is 10.5 Å². The first-order valence-corrected chi connectivity index (χ1v) is 14.2. The standard InChI is InChI=1S/C29H30N6O2S/c1-19(20-5-6-20)37-29(36)33-22-9-7-21(8-10-22)28-26(16-30)25-12-11-24(38-14-13-34-18-31-17-32-34)15-27(25)35(28)23-3-2-4-23/h7-12,15,17-20,23H,2-6,13-14H2,1H3,(H,33,36). The SMILES string of the molecule is CC(OC(=O)Nc1ccc(-c2c(C#N)c3ccc(SCCn4cncn4)cc3n2C2CCC2)cc1)C1CC1. The molecule has 2 aliphatic carbocycles. The van der Waals surface area contributed by atoms with Gasteiger partial charge in [0, 0.05) is 27.8 Å². The van der Waals surface area contributed by atoms with Gasteiger partial charge in [-0.2, -0.15) is 10.4 Å². The minimum absolute atomic E-state index is 0.0590. The number of thioether (sulfide) groups is 1. The van der Waals surface area contributed by atoms with E-state index in [0.29, 0.717) is 23.2 Å². The highest BCUT2D eigenvalue weighted by atomic mass is 32.2. The Labute approximate surface area is 226 Å². The molecule has 1 amide bonds. The maximum Gasteiger partial charge on any atom is 0.411 e. The molecule has 4 aromatic rings. The van der Waals surface area contributed by atoms with Crippen LogP contribution in [0.15, 0.2) is 60.0 Å². The zero-order chi connectivity index (χ0) is 26.1. The Morgan fingerprint density at radius 2 is 2.03 bits per heavy atom. The van der Waals surface area contributed by atoms with Gasteiger partial charge in [0.15, 0.2) is 0 Å². The monoisotopic (exact) mass is 526 g/mol. The molecule has 6 rings (SSSR count). The second kappa shape index (κ2) is 10.5. The summed E-state index contributed by atoms with van der Waals surface area (Å²) in [6, 6.07) is 17.0. The average Bonchev–Trinajstić information content (AvgIpc) is 3.53. The number of carbonyl (C=O) groups excluding carboxylic acids is 1. The van der Waals surface area contributed by atoms with E-state index in [1.54, 1.807) is 24.4 Å². The number of benzene rings is 2. The van der Waals surface area contributed by atoms with Gasteiger partial charge in [-0.15, -0.1) is 11.8 Å².